The molecule has 1 aromatic rings. The lowest BCUT2D eigenvalue weighted by Gasteiger charge is -2.22. The van der Waals surface area contributed by atoms with E-state index in [1.165, 1.54) is 14.0 Å². The summed E-state index contributed by atoms with van der Waals surface area (Å²) in [4.78, 5) is 10.6. The molecule has 0 saturated carbocycles. The van der Waals surface area contributed by atoms with Crippen molar-refractivity contribution in [2.75, 3.05) is 20.3 Å². The molecule has 20 heavy (non-hydrogen) atoms. The quantitative estimate of drug-likeness (QED) is 0.619. The molecule has 8 nitrogen and oxygen atoms in total. The molecule has 0 aromatic carbocycles. The van der Waals surface area contributed by atoms with Gasteiger partial charge in [-0.15, -0.1) is 0 Å². The first-order valence-corrected chi connectivity index (χ1v) is 7.20. The van der Waals surface area contributed by atoms with Crippen LogP contribution in [0.25, 0.3) is 0 Å². The second-order valence-corrected chi connectivity index (χ2v) is 6.19. The summed E-state index contributed by atoms with van der Waals surface area (Å²) in [6.07, 6.45) is 0.241. The van der Waals surface area contributed by atoms with Crippen LogP contribution in [0.4, 0.5) is 0 Å². The first-order chi connectivity index (χ1) is 9.18. The van der Waals surface area contributed by atoms with Crippen molar-refractivity contribution in [3.05, 3.63) is 17.9 Å². The van der Waals surface area contributed by atoms with Gasteiger partial charge in [-0.3, -0.25) is 0 Å². The highest BCUT2D eigenvalue weighted by atomic mass is 32.2. The molecule has 0 aliphatic rings. The number of hydrogen-bond acceptors (Lipinski definition) is 6. The van der Waals surface area contributed by atoms with Gasteiger partial charge < -0.3 is 19.4 Å². The van der Waals surface area contributed by atoms with Crippen molar-refractivity contribution in [1.82, 2.24) is 4.72 Å². The molecule has 0 aliphatic heterocycles. The Bertz CT molecular complexity index is 561. The fraction of sp³-hybridized carbons (Fsp3) is 0.545. The lowest BCUT2D eigenvalue weighted by molar-refractivity contribution is 0.0291. The zero-order chi connectivity index (χ0) is 15.4. The highest BCUT2D eigenvalue weighted by Crippen LogP contribution is 2.15. The van der Waals surface area contributed by atoms with E-state index in [1.54, 1.807) is 0 Å². The Labute approximate surface area is 116 Å². The number of ether oxygens (including phenoxy) is 1. The lowest BCUT2D eigenvalue weighted by Crippen LogP contribution is -2.41. The molecule has 3 N–H and O–H groups in total. The van der Waals surface area contributed by atoms with Gasteiger partial charge in [0.25, 0.3) is 10.0 Å². The van der Waals surface area contributed by atoms with Crippen molar-refractivity contribution in [1.29, 1.82) is 0 Å². The van der Waals surface area contributed by atoms with Crippen molar-refractivity contribution in [2.24, 2.45) is 0 Å². The lowest BCUT2D eigenvalue weighted by atomic mass is 10.0. The number of hydrogen-bond donors (Lipinski definition) is 3. The van der Waals surface area contributed by atoms with E-state index in [4.69, 9.17) is 14.3 Å². The van der Waals surface area contributed by atoms with Gasteiger partial charge >= 0.3 is 5.97 Å². The number of methoxy groups -OCH3 is 1. The number of carboxylic acid groups (broad SMARTS) is 1. The molecule has 1 rings (SSSR count). The van der Waals surface area contributed by atoms with Crippen LogP contribution in [0.2, 0.25) is 0 Å². The van der Waals surface area contributed by atoms with E-state index in [0.29, 0.717) is 0 Å². The second-order valence-electron chi connectivity index (χ2n) is 4.49. The predicted molar refractivity (Wildman–Crippen MR) is 68.0 cm³/mol. The number of nitrogens with one attached hydrogen (secondary N) is 1. The van der Waals surface area contributed by atoms with Crippen molar-refractivity contribution in [3.8, 4) is 0 Å². The number of aromatic carboxylic acids is 1. The van der Waals surface area contributed by atoms with Gasteiger partial charge in [0.15, 0.2) is 0 Å². The number of aliphatic hydroxyl groups is 1. The Morgan fingerprint density at radius 1 is 1.50 bits per heavy atom. The summed E-state index contributed by atoms with van der Waals surface area (Å²) < 4.78 is 35.4. The third-order valence-electron chi connectivity index (χ3n) is 2.54. The van der Waals surface area contributed by atoms with E-state index in [1.807, 2.05) is 0 Å². The molecule has 0 radical (unpaired) electrons. The van der Waals surface area contributed by atoms with E-state index < -0.39 is 32.4 Å². The van der Waals surface area contributed by atoms with Crippen LogP contribution in [0, 0.1) is 0 Å². The molecule has 0 saturated heterocycles. The van der Waals surface area contributed by atoms with Crippen molar-refractivity contribution in [2.45, 2.75) is 24.0 Å². The Kier molecular flexibility index (Phi) is 5.28. The smallest absolute Gasteiger partial charge is 0.371 e. The normalized spacial score (nSPS) is 14.9. The van der Waals surface area contributed by atoms with E-state index >= 15 is 0 Å². The molecule has 1 heterocycles. The van der Waals surface area contributed by atoms with Crippen LogP contribution in [0.3, 0.4) is 0 Å². The third kappa shape index (κ3) is 4.60. The number of furan rings is 1. The predicted octanol–water partition coefficient (Wildman–Crippen LogP) is 0.0436. The Balaban J connectivity index is 2.72. The molecule has 0 aliphatic carbocycles. The molecular formula is C11H17NO7S. The summed E-state index contributed by atoms with van der Waals surface area (Å²) >= 11 is 0. The van der Waals surface area contributed by atoms with Gasteiger partial charge in [-0.05, 0) is 19.1 Å². The van der Waals surface area contributed by atoms with Gasteiger partial charge in [-0.2, -0.15) is 0 Å². The maximum absolute atomic E-state index is 11.8. The summed E-state index contributed by atoms with van der Waals surface area (Å²) in [5.74, 6) is -1.84. The molecule has 0 amide bonds. The number of sulfonamides is 1. The molecule has 0 bridgehead atoms. The number of carbonyl (C=O) groups is 1. The fourth-order valence-electron chi connectivity index (χ4n) is 1.31. The molecule has 0 fully saturated rings. The summed E-state index contributed by atoms with van der Waals surface area (Å²) in [6.45, 7) is 1.49. The first kappa shape index (κ1) is 16.6. The summed E-state index contributed by atoms with van der Waals surface area (Å²) in [7, 11) is -2.54. The number of carboxylic acids is 1. The average Bonchev–Trinajstić information content (AvgIpc) is 2.85. The maximum atomic E-state index is 11.8. The van der Waals surface area contributed by atoms with Crippen LogP contribution >= 0.6 is 0 Å². The second kappa shape index (κ2) is 6.35. The Hall–Kier alpha value is -1.42. The molecule has 1 aromatic heterocycles. The van der Waals surface area contributed by atoms with Crippen LogP contribution in [-0.4, -0.2) is 50.5 Å². The van der Waals surface area contributed by atoms with Crippen LogP contribution in [0.1, 0.15) is 23.9 Å². The Morgan fingerprint density at radius 2 is 2.15 bits per heavy atom. The summed E-state index contributed by atoms with van der Waals surface area (Å²) in [6, 6.07) is 2.08. The van der Waals surface area contributed by atoms with Gasteiger partial charge in [0.2, 0.25) is 10.9 Å². The zero-order valence-electron chi connectivity index (χ0n) is 11.1. The van der Waals surface area contributed by atoms with E-state index in [0.717, 1.165) is 12.1 Å². The van der Waals surface area contributed by atoms with Crippen LogP contribution in [0.5, 0.6) is 0 Å². The molecule has 1 unspecified atom stereocenters. The highest BCUT2D eigenvalue weighted by Gasteiger charge is 2.26. The van der Waals surface area contributed by atoms with Gasteiger partial charge in [0, 0.05) is 26.7 Å². The standard InChI is InChI=1S/C11H17NO7S/c1-11(15,5-6-18-2)7-12-20(16,17)9-4-3-8(19-9)10(13)14/h3-4,12,15H,5-7H2,1-2H3,(H,13,14). The van der Waals surface area contributed by atoms with Crippen LogP contribution < -0.4 is 4.72 Å². The minimum atomic E-state index is -4.01. The summed E-state index contributed by atoms with van der Waals surface area (Å²) in [5.41, 5.74) is -1.29. The highest BCUT2D eigenvalue weighted by molar-refractivity contribution is 7.89. The first-order valence-electron chi connectivity index (χ1n) is 5.72. The third-order valence-corrected chi connectivity index (χ3v) is 3.82. The van der Waals surface area contributed by atoms with Crippen LogP contribution in [-0.2, 0) is 14.8 Å². The van der Waals surface area contributed by atoms with E-state index in [-0.39, 0.29) is 19.6 Å². The minimum Gasteiger partial charge on any atom is -0.475 e. The van der Waals surface area contributed by atoms with Crippen molar-refractivity contribution in [3.63, 3.8) is 0 Å². The van der Waals surface area contributed by atoms with Gasteiger partial charge in [-0.25, -0.2) is 17.9 Å². The van der Waals surface area contributed by atoms with Crippen LogP contribution in [0.15, 0.2) is 21.6 Å². The monoisotopic (exact) mass is 307 g/mol. The topological polar surface area (TPSA) is 126 Å². The largest absolute Gasteiger partial charge is 0.475 e. The SMILES string of the molecule is COCCC(C)(O)CNS(=O)(=O)c1ccc(C(=O)O)o1. The molecule has 0 spiro atoms. The molecule has 9 heteroatoms. The van der Waals surface area contributed by atoms with E-state index in [2.05, 4.69) is 4.72 Å². The maximum Gasteiger partial charge on any atom is 0.371 e. The zero-order valence-corrected chi connectivity index (χ0v) is 11.9. The Morgan fingerprint density at radius 3 is 2.65 bits per heavy atom. The summed E-state index contributed by atoms with van der Waals surface area (Å²) in [5, 5.41) is 18.1. The van der Waals surface area contributed by atoms with Crippen molar-refractivity contribution < 1.29 is 32.6 Å². The van der Waals surface area contributed by atoms with Gasteiger partial charge in [-0.1, -0.05) is 0 Å². The van der Waals surface area contributed by atoms with Crippen molar-refractivity contribution >= 4 is 16.0 Å². The average molecular weight is 307 g/mol. The fourth-order valence-corrected chi connectivity index (χ4v) is 2.40. The molecule has 1 atom stereocenters. The molecular weight excluding hydrogens is 290 g/mol. The van der Waals surface area contributed by atoms with E-state index in [9.17, 15) is 18.3 Å². The minimum absolute atomic E-state index is 0.241. The number of rotatable bonds is 8. The van der Waals surface area contributed by atoms with Gasteiger partial charge in [0.05, 0.1) is 5.60 Å². The van der Waals surface area contributed by atoms with Gasteiger partial charge in [0.1, 0.15) is 0 Å². The molecule has 114 valence electrons.